The molecular formula is C23H26ClN2+. The van der Waals surface area contributed by atoms with Crippen LogP contribution in [0.5, 0.6) is 0 Å². The van der Waals surface area contributed by atoms with E-state index in [0.717, 1.165) is 30.7 Å². The number of aromatic nitrogens is 1. The van der Waals surface area contributed by atoms with Crippen molar-refractivity contribution >= 4 is 11.6 Å². The van der Waals surface area contributed by atoms with Crippen LogP contribution in [0.25, 0.3) is 0 Å². The van der Waals surface area contributed by atoms with Gasteiger partial charge in [-0.15, -0.1) is 0 Å². The molecule has 26 heavy (non-hydrogen) atoms. The van der Waals surface area contributed by atoms with Gasteiger partial charge in [-0.25, -0.2) is 0 Å². The van der Waals surface area contributed by atoms with Crippen LogP contribution in [-0.2, 0) is 19.6 Å². The van der Waals surface area contributed by atoms with E-state index in [1.165, 1.54) is 35.2 Å². The summed E-state index contributed by atoms with van der Waals surface area (Å²) in [6, 6.07) is 22.4. The number of nitrogens with zero attached hydrogens (tertiary/aromatic N) is 1. The van der Waals surface area contributed by atoms with E-state index in [0.29, 0.717) is 0 Å². The second-order valence-corrected chi connectivity index (χ2v) is 7.97. The molecule has 1 heterocycles. The van der Waals surface area contributed by atoms with Crippen molar-refractivity contribution in [3.05, 3.63) is 94.3 Å². The van der Waals surface area contributed by atoms with Crippen LogP contribution in [-0.4, -0.2) is 10.6 Å². The molecule has 1 atom stereocenters. The van der Waals surface area contributed by atoms with Crippen molar-refractivity contribution in [1.29, 1.82) is 0 Å². The number of benzene rings is 2. The lowest BCUT2D eigenvalue weighted by Crippen LogP contribution is -3.10. The summed E-state index contributed by atoms with van der Waals surface area (Å²) in [5.74, 6) is 0. The molecule has 1 unspecified atom stereocenters. The standard InChI is InChI=1S/C23H25ClN2/c1-18-5-2-6-19(13-18)15-25-12-4-9-23(25)17-26(22-10-11-22)16-20-7-3-8-21(24)14-20/h2-9,12-14,22H,10-11,15-17H2,1H3/p+1. The van der Waals surface area contributed by atoms with E-state index in [1.807, 2.05) is 6.07 Å². The van der Waals surface area contributed by atoms with Crippen molar-refractivity contribution in [2.24, 2.45) is 0 Å². The smallest absolute Gasteiger partial charge is 0.118 e. The lowest BCUT2D eigenvalue weighted by molar-refractivity contribution is -0.938. The zero-order valence-corrected chi connectivity index (χ0v) is 16.0. The number of rotatable bonds is 7. The summed E-state index contributed by atoms with van der Waals surface area (Å²) in [5, 5.41) is 0.834. The number of halogens is 1. The van der Waals surface area contributed by atoms with E-state index in [1.54, 1.807) is 4.90 Å². The Morgan fingerprint density at radius 2 is 1.77 bits per heavy atom. The molecule has 1 saturated carbocycles. The normalized spacial score (nSPS) is 15.2. The third-order valence-corrected chi connectivity index (χ3v) is 5.48. The summed E-state index contributed by atoms with van der Waals surface area (Å²) < 4.78 is 2.40. The van der Waals surface area contributed by atoms with Crippen LogP contribution in [0.4, 0.5) is 0 Å². The van der Waals surface area contributed by atoms with Crippen LogP contribution in [0.3, 0.4) is 0 Å². The molecule has 2 nitrogen and oxygen atoms in total. The zero-order valence-electron chi connectivity index (χ0n) is 15.3. The van der Waals surface area contributed by atoms with E-state index in [2.05, 4.69) is 72.3 Å². The van der Waals surface area contributed by atoms with Crippen molar-refractivity contribution < 1.29 is 4.90 Å². The van der Waals surface area contributed by atoms with Crippen LogP contribution in [0, 0.1) is 6.92 Å². The van der Waals surface area contributed by atoms with Gasteiger partial charge in [0.2, 0.25) is 0 Å². The fraction of sp³-hybridized carbons (Fsp3) is 0.304. The SMILES string of the molecule is Cc1cccc(Cn2cccc2C[NH+](Cc2cccc(Cl)c2)C2CC2)c1. The molecule has 4 rings (SSSR count). The highest BCUT2D eigenvalue weighted by molar-refractivity contribution is 6.30. The van der Waals surface area contributed by atoms with E-state index in [9.17, 15) is 0 Å². The fourth-order valence-electron chi connectivity index (χ4n) is 3.76. The third-order valence-electron chi connectivity index (χ3n) is 5.24. The number of hydrogen-bond donors (Lipinski definition) is 1. The average molecular weight is 366 g/mol. The molecule has 3 aromatic rings. The van der Waals surface area contributed by atoms with Gasteiger partial charge in [0, 0.05) is 36.2 Å². The van der Waals surface area contributed by atoms with Gasteiger partial charge in [-0.2, -0.15) is 0 Å². The van der Waals surface area contributed by atoms with E-state index in [4.69, 9.17) is 11.6 Å². The van der Waals surface area contributed by atoms with Gasteiger partial charge >= 0.3 is 0 Å². The molecule has 0 spiro atoms. The zero-order chi connectivity index (χ0) is 17.9. The Balaban J connectivity index is 1.49. The molecule has 0 bridgehead atoms. The Hall–Kier alpha value is -2.03. The minimum absolute atomic E-state index is 0.788. The lowest BCUT2D eigenvalue weighted by Gasteiger charge is -2.21. The maximum atomic E-state index is 6.18. The molecule has 1 fully saturated rings. The quantitative estimate of drug-likeness (QED) is 0.641. The molecule has 1 aliphatic carbocycles. The molecule has 2 aromatic carbocycles. The van der Waals surface area contributed by atoms with Gasteiger partial charge < -0.3 is 9.47 Å². The first-order valence-electron chi connectivity index (χ1n) is 9.46. The Labute approximate surface area is 161 Å². The van der Waals surface area contributed by atoms with Gasteiger partial charge in [0.1, 0.15) is 13.1 Å². The van der Waals surface area contributed by atoms with Gasteiger partial charge in [0.05, 0.1) is 11.7 Å². The Kier molecular flexibility index (Phi) is 5.14. The Morgan fingerprint density at radius 1 is 0.962 bits per heavy atom. The predicted octanol–water partition coefficient (Wildman–Crippen LogP) is 4.25. The number of nitrogens with one attached hydrogen (secondary N) is 1. The van der Waals surface area contributed by atoms with Crippen LogP contribution in [0.1, 0.15) is 35.2 Å². The van der Waals surface area contributed by atoms with Crippen LogP contribution < -0.4 is 4.90 Å². The average Bonchev–Trinajstić information content (AvgIpc) is 3.37. The molecule has 0 saturated heterocycles. The summed E-state index contributed by atoms with van der Waals surface area (Å²) in [4.78, 5) is 1.65. The van der Waals surface area contributed by atoms with Crippen molar-refractivity contribution in [3.63, 3.8) is 0 Å². The van der Waals surface area contributed by atoms with Gasteiger partial charge in [-0.05, 0) is 36.8 Å². The molecule has 3 heteroatoms. The molecule has 1 aliphatic rings. The highest BCUT2D eigenvalue weighted by atomic mass is 35.5. The topological polar surface area (TPSA) is 9.37 Å². The van der Waals surface area contributed by atoms with Crippen LogP contribution in [0.2, 0.25) is 5.02 Å². The van der Waals surface area contributed by atoms with E-state index >= 15 is 0 Å². The minimum atomic E-state index is 0.788. The monoisotopic (exact) mass is 365 g/mol. The Morgan fingerprint density at radius 3 is 2.54 bits per heavy atom. The molecule has 0 aliphatic heterocycles. The second kappa shape index (κ2) is 7.69. The highest BCUT2D eigenvalue weighted by Gasteiger charge is 2.33. The molecule has 1 aromatic heterocycles. The first-order valence-corrected chi connectivity index (χ1v) is 9.84. The van der Waals surface area contributed by atoms with Crippen molar-refractivity contribution in [1.82, 2.24) is 4.57 Å². The largest absolute Gasteiger partial charge is 0.342 e. The maximum Gasteiger partial charge on any atom is 0.118 e. The highest BCUT2D eigenvalue weighted by Crippen LogP contribution is 2.18. The molecule has 134 valence electrons. The second-order valence-electron chi connectivity index (χ2n) is 7.53. The fourth-order valence-corrected chi connectivity index (χ4v) is 3.97. The molecular weight excluding hydrogens is 340 g/mol. The number of hydrogen-bond acceptors (Lipinski definition) is 0. The molecule has 0 amide bonds. The van der Waals surface area contributed by atoms with Gasteiger partial charge in [0.15, 0.2) is 0 Å². The lowest BCUT2D eigenvalue weighted by atomic mass is 10.1. The van der Waals surface area contributed by atoms with Crippen LogP contribution in [0.15, 0.2) is 66.9 Å². The minimum Gasteiger partial charge on any atom is -0.342 e. The van der Waals surface area contributed by atoms with Crippen molar-refractivity contribution in [2.45, 2.75) is 45.4 Å². The van der Waals surface area contributed by atoms with E-state index < -0.39 is 0 Å². The number of quaternary nitrogens is 1. The van der Waals surface area contributed by atoms with Crippen molar-refractivity contribution in [3.8, 4) is 0 Å². The summed E-state index contributed by atoms with van der Waals surface area (Å²) in [7, 11) is 0. The predicted molar refractivity (Wildman–Crippen MR) is 108 cm³/mol. The Bertz CT molecular complexity index is 879. The summed E-state index contributed by atoms with van der Waals surface area (Å²) in [6.07, 6.45) is 4.89. The van der Waals surface area contributed by atoms with Gasteiger partial charge in [-0.3, -0.25) is 0 Å². The van der Waals surface area contributed by atoms with Gasteiger partial charge in [0.25, 0.3) is 0 Å². The third kappa shape index (κ3) is 4.38. The number of aryl methyl sites for hydroxylation is 1. The summed E-state index contributed by atoms with van der Waals surface area (Å²) in [6.45, 7) is 5.21. The van der Waals surface area contributed by atoms with Crippen LogP contribution >= 0.6 is 11.6 Å². The first-order chi connectivity index (χ1) is 12.7. The van der Waals surface area contributed by atoms with Gasteiger partial charge in [-0.1, -0.05) is 53.6 Å². The summed E-state index contributed by atoms with van der Waals surface area (Å²) >= 11 is 6.18. The molecule has 1 N–H and O–H groups in total. The van der Waals surface area contributed by atoms with E-state index in [-0.39, 0.29) is 0 Å². The van der Waals surface area contributed by atoms with Crippen molar-refractivity contribution in [2.75, 3.05) is 0 Å². The summed E-state index contributed by atoms with van der Waals surface area (Å²) in [5.41, 5.74) is 5.43. The molecule has 0 radical (unpaired) electrons. The first kappa shape index (κ1) is 17.4. The maximum absolute atomic E-state index is 6.18.